The number of fused-ring (bicyclic) bond motifs is 2. The standard InChI is InChI=1S/C33H53N3O5/c1-8-18-34-19-14-16-32(9-2)24(27(34)38)25-28(39)35(20-12-10-11-13-22-37)26-29(40)36(21-15-17-33(25,26)41-32)31(6,7)23-30(3,4)5/h14-17,24-26,37H,8-13,18-23H2,1-7H3/t24-,25-,26?,32+,33-/m0/s1. The molecule has 41 heavy (non-hydrogen) atoms. The summed E-state index contributed by atoms with van der Waals surface area (Å²) in [5, 5.41) is 9.22. The monoisotopic (exact) mass is 571 g/mol. The molecule has 0 saturated carbocycles. The number of carbonyl (C=O) groups excluding carboxylic acids is 3. The number of amides is 3. The summed E-state index contributed by atoms with van der Waals surface area (Å²) in [7, 11) is 0. The van der Waals surface area contributed by atoms with Crippen molar-refractivity contribution in [2.45, 2.75) is 116 Å². The molecule has 5 atom stereocenters. The molecular weight excluding hydrogens is 518 g/mol. The minimum absolute atomic E-state index is 0.00117. The predicted octanol–water partition coefficient (Wildman–Crippen LogP) is 4.32. The molecule has 1 unspecified atom stereocenters. The lowest BCUT2D eigenvalue weighted by atomic mass is 9.72. The fourth-order valence-corrected chi connectivity index (χ4v) is 8.21. The fourth-order valence-electron chi connectivity index (χ4n) is 8.21. The van der Waals surface area contributed by atoms with Crippen molar-refractivity contribution in [1.29, 1.82) is 0 Å². The van der Waals surface area contributed by atoms with Gasteiger partial charge in [0.15, 0.2) is 0 Å². The van der Waals surface area contributed by atoms with Gasteiger partial charge in [0.25, 0.3) is 0 Å². The van der Waals surface area contributed by atoms with E-state index in [0.29, 0.717) is 32.6 Å². The van der Waals surface area contributed by atoms with Crippen molar-refractivity contribution in [2.75, 3.05) is 32.8 Å². The maximum atomic E-state index is 14.8. The van der Waals surface area contributed by atoms with Gasteiger partial charge in [-0.15, -0.1) is 0 Å². The van der Waals surface area contributed by atoms with Gasteiger partial charge < -0.3 is 24.5 Å². The number of ether oxygens (including phenoxy) is 1. The second-order valence-corrected chi connectivity index (χ2v) is 14.4. The Kier molecular flexibility index (Phi) is 9.16. The molecule has 230 valence electrons. The molecule has 0 bridgehead atoms. The summed E-state index contributed by atoms with van der Waals surface area (Å²) in [5.74, 6) is -1.73. The SMILES string of the molecule is CCCN1CC=C[C@@]2(CC)O[C@]34C=CCN(C(C)(C)CC(C)(C)C)C(=O)C3N(CCCCCCO)C(=O)[C@@H]4[C@H]2C1=O. The van der Waals surface area contributed by atoms with Crippen molar-refractivity contribution in [3.8, 4) is 0 Å². The molecule has 4 aliphatic rings. The van der Waals surface area contributed by atoms with Gasteiger partial charge in [-0.1, -0.05) is 71.8 Å². The molecule has 2 saturated heterocycles. The molecule has 0 aromatic rings. The zero-order valence-electron chi connectivity index (χ0n) is 26.4. The molecule has 0 aliphatic carbocycles. The van der Waals surface area contributed by atoms with Crippen molar-refractivity contribution < 1.29 is 24.2 Å². The number of nitrogens with zero attached hydrogens (tertiary/aromatic N) is 3. The van der Waals surface area contributed by atoms with Gasteiger partial charge in [-0.05, 0) is 51.4 Å². The van der Waals surface area contributed by atoms with E-state index < -0.39 is 34.6 Å². The van der Waals surface area contributed by atoms with Crippen LogP contribution < -0.4 is 0 Å². The maximum Gasteiger partial charge on any atom is 0.249 e. The van der Waals surface area contributed by atoms with Crippen LogP contribution in [0, 0.1) is 17.3 Å². The van der Waals surface area contributed by atoms with Gasteiger partial charge in [0.1, 0.15) is 11.6 Å². The highest BCUT2D eigenvalue weighted by atomic mass is 16.5. The van der Waals surface area contributed by atoms with E-state index in [0.717, 1.165) is 38.5 Å². The molecule has 8 nitrogen and oxygen atoms in total. The first-order valence-electron chi connectivity index (χ1n) is 15.9. The Morgan fingerprint density at radius 1 is 0.878 bits per heavy atom. The summed E-state index contributed by atoms with van der Waals surface area (Å²) in [5.41, 5.74) is -2.59. The number of aliphatic hydroxyl groups is 1. The molecule has 0 radical (unpaired) electrons. The Hall–Kier alpha value is -2.19. The highest BCUT2D eigenvalue weighted by molar-refractivity contribution is 6.00. The van der Waals surface area contributed by atoms with Gasteiger partial charge in [0.2, 0.25) is 17.7 Å². The Bertz CT molecular complexity index is 1060. The summed E-state index contributed by atoms with van der Waals surface area (Å²) in [6, 6.07) is -0.827. The Balaban J connectivity index is 1.80. The van der Waals surface area contributed by atoms with Crippen molar-refractivity contribution in [1.82, 2.24) is 14.7 Å². The lowest BCUT2D eigenvalue weighted by Crippen LogP contribution is -2.60. The average Bonchev–Trinajstić information content (AvgIpc) is 3.16. The third-order valence-electron chi connectivity index (χ3n) is 9.52. The normalized spacial score (nSPS) is 31.9. The minimum Gasteiger partial charge on any atom is -0.396 e. The van der Waals surface area contributed by atoms with Crippen LogP contribution in [0.4, 0.5) is 0 Å². The molecule has 4 aliphatic heterocycles. The fraction of sp³-hybridized carbons (Fsp3) is 0.788. The third kappa shape index (κ3) is 5.63. The Morgan fingerprint density at radius 3 is 2.20 bits per heavy atom. The summed E-state index contributed by atoms with van der Waals surface area (Å²) in [4.78, 5) is 49.1. The van der Waals surface area contributed by atoms with Gasteiger partial charge in [-0.2, -0.15) is 0 Å². The zero-order chi connectivity index (χ0) is 30.2. The summed E-state index contributed by atoms with van der Waals surface area (Å²) in [6.45, 7) is 17.0. The molecule has 1 N–H and O–H groups in total. The molecule has 8 heteroatoms. The van der Waals surface area contributed by atoms with Crippen LogP contribution in [-0.2, 0) is 19.1 Å². The number of likely N-dealkylation sites (tertiary alicyclic amines) is 1. The van der Waals surface area contributed by atoms with E-state index in [1.165, 1.54) is 0 Å². The zero-order valence-corrected chi connectivity index (χ0v) is 26.4. The lowest BCUT2D eigenvalue weighted by Gasteiger charge is -2.45. The first-order chi connectivity index (χ1) is 19.3. The average molecular weight is 572 g/mol. The predicted molar refractivity (Wildman–Crippen MR) is 160 cm³/mol. The number of hydrogen-bond acceptors (Lipinski definition) is 5. The maximum absolute atomic E-state index is 14.8. The van der Waals surface area contributed by atoms with Gasteiger partial charge in [0, 0.05) is 38.3 Å². The van der Waals surface area contributed by atoms with E-state index in [1.807, 2.05) is 41.0 Å². The van der Waals surface area contributed by atoms with Crippen LogP contribution in [-0.4, -0.2) is 93.1 Å². The molecule has 1 spiro atoms. The van der Waals surface area contributed by atoms with Gasteiger partial charge in [0.05, 0.1) is 17.4 Å². The lowest BCUT2D eigenvalue weighted by molar-refractivity contribution is -0.157. The summed E-state index contributed by atoms with van der Waals surface area (Å²) in [6.07, 6.45) is 13.3. The van der Waals surface area contributed by atoms with E-state index in [1.54, 1.807) is 4.90 Å². The van der Waals surface area contributed by atoms with E-state index in [-0.39, 0.29) is 29.7 Å². The molecule has 3 amide bonds. The molecule has 2 fully saturated rings. The first kappa shape index (κ1) is 31.7. The largest absolute Gasteiger partial charge is 0.396 e. The van der Waals surface area contributed by atoms with Crippen LogP contribution in [0.1, 0.15) is 93.4 Å². The number of unbranched alkanes of at least 4 members (excludes halogenated alkanes) is 3. The van der Waals surface area contributed by atoms with Crippen molar-refractivity contribution in [3.63, 3.8) is 0 Å². The molecule has 0 aromatic heterocycles. The van der Waals surface area contributed by atoms with Crippen LogP contribution in [0.2, 0.25) is 0 Å². The Morgan fingerprint density at radius 2 is 1.56 bits per heavy atom. The number of carbonyl (C=O) groups is 3. The molecule has 0 aromatic carbocycles. The van der Waals surface area contributed by atoms with Gasteiger partial charge in [-0.3, -0.25) is 14.4 Å². The second kappa shape index (κ2) is 11.8. The van der Waals surface area contributed by atoms with E-state index in [9.17, 15) is 19.5 Å². The molecule has 4 heterocycles. The molecular formula is C33H53N3O5. The Labute approximate surface area is 247 Å². The number of rotatable bonds is 11. The number of aliphatic hydroxyl groups excluding tert-OH is 1. The van der Waals surface area contributed by atoms with Gasteiger partial charge >= 0.3 is 0 Å². The van der Waals surface area contributed by atoms with Crippen molar-refractivity contribution in [3.05, 3.63) is 24.3 Å². The van der Waals surface area contributed by atoms with E-state index >= 15 is 0 Å². The number of hydrogen-bond donors (Lipinski definition) is 1. The van der Waals surface area contributed by atoms with Crippen molar-refractivity contribution >= 4 is 17.7 Å². The summed E-state index contributed by atoms with van der Waals surface area (Å²) >= 11 is 0. The smallest absolute Gasteiger partial charge is 0.249 e. The van der Waals surface area contributed by atoms with Crippen LogP contribution in [0.25, 0.3) is 0 Å². The highest BCUT2D eigenvalue weighted by Gasteiger charge is 2.75. The molecule has 4 rings (SSSR count). The first-order valence-corrected chi connectivity index (χ1v) is 15.9. The van der Waals surface area contributed by atoms with Crippen LogP contribution in [0.15, 0.2) is 24.3 Å². The van der Waals surface area contributed by atoms with Gasteiger partial charge in [-0.25, -0.2) is 0 Å². The van der Waals surface area contributed by atoms with E-state index in [4.69, 9.17) is 4.74 Å². The second-order valence-electron chi connectivity index (χ2n) is 14.4. The summed E-state index contributed by atoms with van der Waals surface area (Å²) < 4.78 is 7.09. The van der Waals surface area contributed by atoms with Crippen LogP contribution in [0.3, 0.4) is 0 Å². The highest BCUT2D eigenvalue weighted by Crippen LogP contribution is 2.59. The topological polar surface area (TPSA) is 90.4 Å². The quantitative estimate of drug-likeness (QED) is 0.295. The minimum atomic E-state index is -1.21. The van der Waals surface area contributed by atoms with E-state index in [2.05, 4.69) is 41.5 Å². The van der Waals surface area contributed by atoms with Crippen LogP contribution in [0.5, 0.6) is 0 Å². The van der Waals surface area contributed by atoms with Crippen LogP contribution >= 0.6 is 0 Å². The third-order valence-corrected chi connectivity index (χ3v) is 9.52. The van der Waals surface area contributed by atoms with Crippen molar-refractivity contribution in [2.24, 2.45) is 17.3 Å².